The monoisotopic (exact) mass is 359 g/mol. The fourth-order valence-electron chi connectivity index (χ4n) is 1.50. The van der Waals surface area contributed by atoms with Gasteiger partial charge in [-0.05, 0) is 58.4 Å². The third kappa shape index (κ3) is 3.27. The van der Waals surface area contributed by atoms with Gasteiger partial charge in [-0.25, -0.2) is 12.8 Å². The van der Waals surface area contributed by atoms with E-state index in [9.17, 15) is 12.8 Å². The Morgan fingerprint density at radius 2 is 1.65 bits per heavy atom. The maximum absolute atomic E-state index is 13.4. The van der Waals surface area contributed by atoms with E-state index in [2.05, 4.69) is 26.1 Å². The van der Waals surface area contributed by atoms with Gasteiger partial charge in [-0.15, -0.1) is 0 Å². The highest BCUT2D eigenvalue weighted by atomic mass is 79.9. The van der Waals surface area contributed by atoms with E-state index in [0.29, 0.717) is 5.69 Å². The van der Waals surface area contributed by atoms with Crippen LogP contribution in [0.3, 0.4) is 0 Å². The number of hydrazine groups is 1. The second kappa shape index (κ2) is 5.78. The molecule has 0 radical (unpaired) electrons. The van der Waals surface area contributed by atoms with Crippen molar-refractivity contribution in [3.63, 3.8) is 0 Å². The Morgan fingerprint density at radius 3 is 2.20 bits per heavy atom. The van der Waals surface area contributed by atoms with Crippen LogP contribution in [0, 0.1) is 5.82 Å². The van der Waals surface area contributed by atoms with Gasteiger partial charge in [0.25, 0.3) is 10.0 Å². The molecular weight excluding hydrogens is 349 g/mol. The summed E-state index contributed by atoms with van der Waals surface area (Å²) in [6, 6.07) is 9.82. The molecule has 0 heterocycles. The number of benzene rings is 2. The predicted octanol–water partition coefficient (Wildman–Crippen LogP) is 2.67. The van der Waals surface area contributed by atoms with Crippen LogP contribution in [0.4, 0.5) is 15.8 Å². The summed E-state index contributed by atoms with van der Waals surface area (Å²) in [5.74, 6) is 4.65. The second-order valence-corrected chi connectivity index (χ2v) is 6.44. The second-order valence-electron chi connectivity index (χ2n) is 3.90. The number of nitrogens with one attached hydrogen (secondary N) is 2. The van der Waals surface area contributed by atoms with Crippen molar-refractivity contribution >= 4 is 37.3 Å². The van der Waals surface area contributed by atoms with Gasteiger partial charge < -0.3 is 5.43 Å². The summed E-state index contributed by atoms with van der Waals surface area (Å²) in [5.41, 5.74) is 3.13. The first-order valence-corrected chi connectivity index (χ1v) is 7.74. The predicted molar refractivity (Wildman–Crippen MR) is 79.2 cm³/mol. The number of anilines is 2. The third-order valence-corrected chi connectivity index (χ3v) is 4.54. The quantitative estimate of drug-likeness (QED) is 0.578. The van der Waals surface area contributed by atoms with Crippen molar-refractivity contribution in [2.75, 3.05) is 10.1 Å². The minimum Gasteiger partial charge on any atom is -0.324 e. The molecule has 2 rings (SSSR count). The van der Waals surface area contributed by atoms with Crippen molar-refractivity contribution in [2.24, 2.45) is 5.84 Å². The van der Waals surface area contributed by atoms with Crippen LogP contribution in [0.2, 0.25) is 0 Å². The highest BCUT2D eigenvalue weighted by Crippen LogP contribution is 2.22. The highest BCUT2D eigenvalue weighted by molar-refractivity contribution is 9.10. The van der Waals surface area contributed by atoms with E-state index in [4.69, 9.17) is 5.84 Å². The topological polar surface area (TPSA) is 84.2 Å². The van der Waals surface area contributed by atoms with Crippen LogP contribution in [0.15, 0.2) is 51.8 Å². The largest absolute Gasteiger partial charge is 0.324 e. The van der Waals surface area contributed by atoms with Crippen LogP contribution < -0.4 is 16.0 Å². The van der Waals surface area contributed by atoms with Crippen molar-refractivity contribution in [2.45, 2.75) is 4.90 Å². The number of hydrogen-bond donors (Lipinski definition) is 3. The number of nitrogen functional groups attached to an aromatic ring is 1. The first-order valence-electron chi connectivity index (χ1n) is 5.47. The van der Waals surface area contributed by atoms with Crippen LogP contribution in [0.25, 0.3) is 0 Å². The van der Waals surface area contributed by atoms with Gasteiger partial charge in [0.1, 0.15) is 5.82 Å². The normalized spacial score (nSPS) is 11.2. The summed E-state index contributed by atoms with van der Waals surface area (Å²) in [6.07, 6.45) is 0. The zero-order valence-corrected chi connectivity index (χ0v) is 12.5. The number of sulfonamides is 1. The summed E-state index contributed by atoms with van der Waals surface area (Å²) in [7, 11) is -3.77. The maximum atomic E-state index is 13.4. The standard InChI is InChI=1S/C12H11BrFN3O2S/c13-11-6-3-9(7-12(11)14)17-20(18,19)10-4-1-8(16-15)2-5-10/h1-7,16-17H,15H2. The fourth-order valence-corrected chi connectivity index (χ4v) is 2.80. The molecular formula is C12H11BrFN3O2S. The van der Waals surface area contributed by atoms with Gasteiger partial charge in [0.05, 0.1) is 15.1 Å². The molecule has 0 aliphatic rings. The minimum atomic E-state index is -3.77. The summed E-state index contributed by atoms with van der Waals surface area (Å²) >= 11 is 3.00. The molecule has 4 N–H and O–H groups in total. The highest BCUT2D eigenvalue weighted by Gasteiger charge is 2.14. The van der Waals surface area contributed by atoms with E-state index in [1.165, 1.54) is 36.4 Å². The first kappa shape index (κ1) is 14.8. The van der Waals surface area contributed by atoms with Crippen molar-refractivity contribution < 1.29 is 12.8 Å². The molecule has 0 aliphatic heterocycles. The van der Waals surface area contributed by atoms with E-state index in [1.807, 2.05) is 0 Å². The molecule has 0 unspecified atom stereocenters. The third-order valence-electron chi connectivity index (χ3n) is 2.50. The lowest BCUT2D eigenvalue weighted by molar-refractivity contribution is 0.601. The van der Waals surface area contributed by atoms with E-state index in [1.54, 1.807) is 0 Å². The molecule has 0 spiro atoms. The maximum Gasteiger partial charge on any atom is 0.261 e. The molecule has 0 aliphatic carbocycles. The molecule has 0 aromatic heterocycles. The average molecular weight is 360 g/mol. The molecule has 2 aromatic carbocycles. The van der Waals surface area contributed by atoms with Gasteiger partial charge in [0, 0.05) is 5.69 Å². The van der Waals surface area contributed by atoms with Crippen molar-refractivity contribution in [3.8, 4) is 0 Å². The molecule has 0 fully saturated rings. The van der Waals surface area contributed by atoms with Crippen LogP contribution in [0.1, 0.15) is 0 Å². The fraction of sp³-hybridized carbons (Fsp3) is 0. The van der Waals surface area contributed by atoms with Crippen LogP contribution in [0.5, 0.6) is 0 Å². The first-order chi connectivity index (χ1) is 9.42. The Labute approximate surface area is 124 Å². The zero-order valence-electron chi connectivity index (χ0n) is 10.1. The van der Waals surface area contributed by atoms with Gasteiger partial charge >= 0.3 is 0 Å². The summed E-state index contributed by atoms with van der Waals surface area (Å²) in [4.78, 5) is 0.0554. The van der Waals surface area contributed by atoms with Crippen molar-refractivity contribution in [1.29, 1.82) is 0 Å². The van der Waals surface area contributed by atoms with E-state index < -0.39 is 15.8 Å². The number of rotatable bonds is 4. The summed E-state index contributed by atoms with van der Waals surface area (Å²) in [5, 5.41) is 0. The molecule has 106 valence electrons. The van der Waals surface area contributed by atoms with E-state index in [-0.39, 0.29) is 15.1 Å². The van der Waals surface area contributed by atoms with E-state index in [0.717, 1.165) is 6.07 Å². The smallest absolute Gasteiger partial charge is 0.261 e. The Morgan fingerprint density at radius 1 is 1.05 bits per heavy atom. The molecule has 0 bridgehead atoms. The molecule has 0 saturated carbocycles. The molecule has 0 amide bonds. The minimum absolute atomic E-state index is 0.0554. The molecule has 8 heteroatoms. The van der Waals surface area contributed by atoms with Crippen molar-refractivity contribution in [1.82, 2.24) is 0 Å². The molecule has 5 nitrogen and oxygen atoms in total. The van der Waals surface area contributed by atoms with Crippen LogP contribution >= 0.6 is 15.9 Å². The van der Waals surface area contributed by atoms with Gasteiger partial charge in [0.2, 0.25) is 0 Å². The van der Waals surface area contributed by atoms with Crippen LogP contribution in [-0.4, -0.2) is 8.42 Å². The average Bonchev–Trinajstić information content (AvgIpc) is 2.43. The number of halogens is 2. The van der Waals surface area contributed by atoms with Gasteiger partial charge in [0.15, 0.2) is 0 Å². The molecule has 0 saturated heterocycles. The number of nitrogens with two attached hydrogens (primary N) is 1. The Bertz CT molecular complexity index is 720. The Balaban J connectivity index is 2.27. The molecule has 0 atom stereocenters. The van der Waals surface area contributed by atoms with Gasteiger partial charge in [-0.1, -0.05) is 0 Å². The summed E-state index contributed by atoms with van der Waals surface area (Å²) < 4.78 is 40.1. The lowest BCUT2D eigenvalue weighted by Gasteiger charge is -2.09. The number of hydrogen-bond acceptors (Lipinski definition) is 4. The van der Waals surface area contributed by atoms with Gasteiger partial charge in [-0.2, -0.15) is 0 Å². The SMILES string of the molecule is NNc1ccc(S(=O)(=O)Nc2ccc(Br)c(F)c2)cc1. The van der Waals surface area contributed by atoms with Gasteiger partial charge in [-0.3, -0.25) is 10.6 Å². The molecule has 2 aromatic rings. The summed E-state index contributed by atoms with van der Waals surface area (Å²) in [6.45, 7) is 0. The Kier molecular flexibility index (Phi) is 4.26. The van der Waals surface area contributed by atoms with Crippen LogP contribution in [-0.2, 0) is 10.0 Å². The van der Waals surface area contributed by atoms with E-state index >= 15 is 0 Å². The lowest BCUT2D eigenvalue weighted by Crippen LogP contribution is -2.13. The Hall–Kier alpha value is -1.64. The molecule has 20 heavy (non-hydrogen) atoms. The lowest BCUT2D eigenvalue weighted by atomic mass is 10.3. The zero-order chi connectivity index (χ0) is 14.8. The van der Waals surface area contributed by atoms with Crippen molar-refractivity contribution in [3.05, 3.63) is 52.8 Å².